The zero-order valence-electron chi connectivity index (χ0n) is 21.0. The maximum Gasteiger partial charge on any atom is 0.137 e. The Morgan fingerprint density at radius 3 is 1.57 bits per heavy atom. The van der Waals surface area contributed by atoms with Crippen LogP contribution in [-0.4, -0.2) is 0 Å². The highest BCUT2D eigenvalue weighted by Gasteiger charge is 2.34. The van der Waals surface area contributed by atoms with Gasteiger partial charge in [0.25, 0.3) is 0 Å². The minimum absolute atomic E-state index is 0.0726. The minimum Gasteiger partial charge on any atom is -0.192 e. The van der Waals surface area contributed by atoms with Gasteiger partial charge in [-0.25, -0.2) is 0 Å². The van der Waals surface area contributed by atoms with Gasteiger partial charge in [-0.3, -0.25) is 0 Å². The van der Waals surface area contributed by atoms with E-state index in [1.807, 2.05) is 36.4 Å². The lowest BCUT2D eigenvalue weighted by Crippen LogP contribution is -2.10. The van der Waals surface area contributed by atoms with Crippen LogP contribution in [0.25, 0.3) is 16.7 Å². The lowest BCUT2D eigenvalue weighted by atomic mass is 9.81. The molecule has 171 valence electrons. The Kier molecular flexibility index (Phi) is 7.20. The molecule has 4 nitrogen and oxygen atoms in total. The monoisotopic (exact) mass is 455 g/mol. The van der Waals surface area contributed by atoms with Gasteiger partial charge in [-0.15, -0.1) is 0 Å². The third kappa shape index (κ3) is 4.99. The average molecular weight is 456 g/mol. The van der Waals surface area contributed by atoms with Gasteiger partial charge in [0.2, 0.25) is 0 Å². The predicted octanol–water partition coefficient (Wildman–Crippen LogP) is 6.94. The van der Waals surface area contributed by atoms with Gasteiger partial charge >= 0.3 is 0 Å². The first-order valence-corrected chi connectivity index (χ1v) is 11.4. The highest BCUT2D eigenvalue weighted by molar-refractivity contribution is 5.99. The van der Waals surface area contributed by atoms with Crippen LogP contribution in [0.1, 0.15) is 58.2 Å². The van der Waals surface area contributed by atoms with Crippen LogP contribution in [0.4, 0.5) is 0 Å². The smallest absolute Gasteiger partial charge is 0.137 e. The van der Waals surface area contributed by atoms with Crippen molar-refractivity contribution >= 4 is 5.57 Å². The molecular weight excluding hydrogens is 428 g/mol. The normalized spacial score (nSPS) is 13.9. The van der Waals surface area contributed by atoms with E-state index in [1.54, 1.807) is 25.7 Å². The standard InChI is InChI=1S/C31H27N4/c1-30(2,3)23-11-13-24-25(14-12-23)27(31(4,5)6)15-26(24)29(22(18-34)19-35)28(21(16-32)17-33)20-9-7-8-10-20/h7-15H,1-6H3. The third-order valence-corrected chi connectivity index (χ3v) is 6.11. The Morgan fingerprint density at radius 1 is 0.629 bits per heavy atom. The second-order valence-electron chi connectivity index (χ2n) is 10.5. The van der Waals surface area contributed by atoms with Crippen LogP contribution in [0.3, 0.4) is 0 Å². The molecule has 1 fully saturated rings. The average Bonchev–Trinajstić information content (AvgIpc) is 3.38. The van der Waals surface area contributed by atoms with Crippen molar-refractivity contribution in [3.8, 4) is 35.4 Å². The minimum atomic E-state index is -0.227. The van der Waals surface area contributed by atoms with Gasteiger partial charge in [0.05, 0.1) is 0 Å². The van der Waals surface area contributed by atoms with Crippen LogP contribution in [0.2, 0.25) is 0 Å². The molecule has 0 saturated heterocycles. The van der Waals surface area contributed by atoms with Crippen LogP contribution in [0.5, 0.6) is 0 Å². The molecule has 0 heterocycles. The molecular formula is C31H27N4. The molecule has 0 atom stereocenters. The van der Waals surface area contributed by atoms with Crippen LogP contribution in [0, 0.1) is 76.9 Å². The van der Waals surface area contributed by atoms with Crippen molar-refractivity contribution in [3.05, 3.63) is 95.3 Å². The molecule has 0 amide bonds. The summed E-state index contributed by atoms with van der Waals surface area (Å²) in [5.74, 6) is 0.614. The van der Waals surface area contributed by atoms with Crippen molar-refractivity contribution in [1.82, 2.24) is 0 Å². The number of hydrogen-bond donors (Lipinski definition) is 0. The highest BCUT2D eigenvalue weighted by atomic mass is 14.4. The lowest BCUT2D eigenvalue weighted by molar-refractivity contribution is 0.590. The summed E-state index contributed by atoms with van der Waals surface area (Å²) in [4.78, 5) is 0. The number of nitrogens with zero attached hydrogens (tertiary/aromatic N) is 4. The molecule has 3 aliphatic carbocycles. The van der Waals surface area contributed by atoms with Gasteiger partial charge in [0, 0.05) is 11.5 Å². The zero-order chi connectivity index (χ0) is 26.0. The van der Waals surface area contributed by atoms with Crippen molar-refractivity contribution < 1.29 is 0 Å². The van der Waals surface area contributed by atoms with E-state index in [1.165, 1.54) is 0 Å². The second-order valence-corrected chi connectivity index (χ2v) is 10.5. The maximum atomic E-state index is 9.95. The van der Waals surface area contributed by atoms with E-state index in [-0.39, 0.29) is 22.0 Å². The molecule has 0 unspecified atom stereocenters. The van der Waals surface area contributed by atoms with Gasteiger partial charge < -0.3 is 0 Å². The van der Waals surface area contributed by atoms with E-state index in [0.29, 0.717) is 22.6 Å². The molecule has 0 bridgehead atoms. The Labute approximate surface area is 209 Å². The molecule has 0 aromatic rings. The third-order valence-electron chi connectivity index (χ3n) is 6.11. The summed E-state index contributed by atoms with van der Waals surface area (Å²) in [6.07, 6.45) is 7.17. The van der Waals surface area contributed by atoms with E-state index in [4.69, 9.17) is 0 Å². The number of allylic oxidation sites excluding steroid dienone is 4. The maximum absolute atomic E-state index is 9.95. The summed E-state index contributed by atoms with van der Waals surface area (Å²) in [6.45, 7) is 12.8. The topological polar surface area (TPSA) is 95.2 Å². The molecule has 5 radical (unpaired) electrons. The summed E-state index contributed by atoms with van der Waals surface area (Å²) in [5.41, 5.74) is 4.77. The van der Waals surface area contributed by atoms with E-state index in [2.05, 4.69) is 59.7 Å². The van der Waals surface area contributed by atoms with E-state index in [0.717, 1.165) is 22.3 Å². The Hall–Kier alpha value is -3.86. The summed E-state index contributed by atoms with van der Waals surface area (Å²) in [5, 5.41) is 39.5. The molecule has 0 aromatic carbocycles. The summed E-state index contributed by atoms with van der Waals surface area (Å²) >= 11 is 0. The summed E-state index contributed by atoms with van der Waals surface area (Å²) < 4.78 is 0. The first kappa shape index (κ1) is 25.8. The molecule has 0 spiro atoms. The van der Waals surface area contributed by atoms with Gasteiger partial charge in [-0.2, -0.15) is 21.0 Å². The number of rotatable bonds is 3. The van der Waals surface area contributed by atoms with E-state index < -0.39 is 0 Å². The predicted molar refractivity (Wildman–Crippen MR) is 137 cm³/mol. The van der Waals surface area contributed by atoms with Crippen molar-refractivity contribution in [1.29, 1.82) is 21.0 Å². The molecule has 0 aromatic heterocycles. The number of fused-ring (bicyclic) bond motifs is 1. The number of hydrogen-bond acceptors (Lipinski definition) is 4. The Balaban J connectivity index is 2.51. The van der Waals surface area contributed by atoms with Gasteiger partial charge in [0.15, 0.2) is 0 Å². The van der Waals surface area contributed by atoms with Gasteiger partial charge in [-0.05, 0) is 76.0 Å². The molecule has 0 N–H and O–H groups in total. The Bertz CT molecular complexity index is 1310. The fourth-order valence-electron chi connectivity index (χ4n) is 4.30. The highest BCUT2D eigenvalue weighted by Crippen LogP contribution is 2.48. The van der Waals surface area contributed by atoms with Crippen LogP contribution in [0.15, 0.2) is 47.1 Å². The molecule has 35 heavy (non-hydrogen) atoms. The van der Waals surface area contributed by atoms with E-state index >= 15 is 0 Å². The van der Waals surface area contributed by atoms with Gasteiger partial charge in [-0.1, -0.05) is 65.8 Å². The van der Waals surface area contributed by atoms with Gasteiger partial charge in [0.1, 0.15) is 35.4 Å². The fraction of sp³-hybridized carbons (Fsp3) is 0.258. The quantitative estimate of drug-likeness (QED) is 0.370. The van der Waals surface area contributed by atoms with Crippen molar-refractivity contribution in [2.75, 3.05) is 0 Å². The lowest BCUT2D eigenvalue weighted by Gasteiger charge is -2.19. The molecule has 1 saturated carbocycles. The summed E-state index contributed by atoms with van der Waals surface area (Å²) in [7, 11) is 0. The SMILES string of the molecule is CC(C)(C)c1ccc2c(C(=C(C#N)C#N)C([C]3[CH][CH][CH][CH]3)=C(C#N)C#N)cc(C(C)(C)C)c-2cc1. The van der Waals surface area contributed by atoms with Crippen molar-refractivity contribution in [3.63, 3.8) is 0 Å². The Morgan fingerprint density at radius 2 is 1.11 bits per heavy atom. The fourth-order valence-corrected chi connectivity index (χ4v) is 4.30. The summed E-state index contributed by atoms with van der Waals surface area (Å²) in [6, 6.07) is 18.3. The van der Waals surface area contributed by atoms with Crippen LogP contribution < -0.4 is 0 Å². The van der Waals surface area contributed by atoms with Crippen LogP contribution in [-0.2, 0) is 10.8 Å². The number of nitriles is 4. The second kappa shape index (κ2) is 9.79. The molecule has 0 aliphatic heterocycles. The largest absolute Gasteiger partial charge is 0.192 e. The van der Waals surface area contributed by atoms with E-state index in [9.17, 15) is 21.0 Å². The first-order valence-electron chi connectivity index (χ1n) is 11.4. The molecule has 4 heteroatoms. The van der Waals surface area contributed by atoms with Crippen LogP contribution >= 0.6 is 0 Å². The van der Waals surface area contributed by atoms with Crippen molar-refractivity contribution in [2.24, 2.45) is 0 Å². The first-order chi connectivity index (χ1) is 16.5. The molecule has 3 aliphatic rings. The van der Waals surface area contributed by atoms with Crippen molar-refractivity contribution in [2.45, 2.75) is 52.4 Å². The molecule has 3 rings (SSSR count). The zero-order valence-corrected chi connectivity index (χ0v) is 21.0.